The molecule has 0 spiro atoms. The Morgan fingerprint density at radius 1 is 1.07 bits per heavy atom. The fourth-order valence-corrected chi connectivity index (χ4v) is 3.94. The summed E-state index contributed by atoms with van der Waals surface area (Å²) >= 11 is 13.0. The molecule has 6 nitrogen and oxygen atoms in total. The number of nitrogens with zero attached hydrogens (tertiary/aromatic N) is 1. The van der Waals surface area contributed by atoms with Crippen LogP contribution in [0.5, 0.6) is 0 Å². The van der Waals surface area contributed by atoms with Crippen LogP contribution in [0.4, 0.5) is 5.69 Å². The molecule has 1 amide bonds. The highest BCUT2D eigenvalue weighted by Gasteiger charge is 2.23. The lowest BCUT2D eigenvalue weighted by Crippen LogP contribution is -2.14. The number of aromatic nitrogens is 1. The molecule has 2 heterocycles. The summed E-state index contributed by atoms with van der Waals surface area (Å²) < 4.78 is 5.42. The number of halogens is 2. The SMILES string of the molecule is O=C(Nc1csc(-c2ccc(Cl)cc2)c1C(=O)O)c1nc2cc(Cl)ccc2o1. The molecule has 0 atom stereocenters. The van der Waals surface area contributed by atoms with Crippen molar-refractivity contribution in [2.45, 2.75) is 0 Å². The Morgan fingerprint density at radius 3 is 2.50 bits per heavy atom. The van der Waals surface area contributed by atoms with E-state index in [9.17, 15) is 14.7 Å². The number of rotatable bonds is 4. The Balaban J connectivity index is 1.67. The van der Waals surface area contributed by atoms with Crippen molar-refractivity contribution >= 4 is 63.2 Å². The van der Waals surface area contributed by atoms with Gasteiger partial charge in [-0.15, -0.1) is 11.3 Å². The Hall–Kier alpha value is -2.87. The van der Waals surface area contributed by atoms with Crippen LogP contribution in [0, 0.1) is 0 Å². The molecule has 9 heteroatoms. The molecule has 4 rings (SSSR count). The minimum absolute atomic E-state index is 0.0140. The summed E-state index contributed by atoms with van der Waals surface area (Å²) in [6.07, 6.45) is 0. The number of nitrogens with one attached hydrogen (secondary N) is 1. The minimum Gasteiger partial charge on any atom is -0.478 e. The van der Waals surface area contributed by atoms with Crippen LogP contribution in [0.1, 0.15) is 21.0 Å². The van der Waals surface area contributed by atoms with Gasteiger partial charge in [0, 0.05) is 15.4 Å². The van der Waals surface area contributed by atoms with E-state index in [1.807, 2.05) is 0 Å². The summed E-state index contributed by atoms with van der Waals surface area (Å²) in [5.41, 5.74) is 1.67. The number of anilines is 1. The zero-order chi connectivity index (χ0) is 19.8. The number of carbonyl (C=O) groups is 2. The first-order valence-electron chi connectivity index (χ1n) is 7.90. The highest BCUT2D eigenvalue weighted by Crippen LogP contribution is 2.36. The number of hydrogen-bond donors (Lipinski definition) is 2. The number of hydrogen-bond acceptors (Lipinski definition) is 5. The average molecular weight is 433 g/mol. The lowest BCUT2D eigenvalue weighted by Gasteiger charge is -2.04. The topological polar surface area (TPSA) is 92.4 Å². The summed E-state index contributed by atoms with van der Waals surface area (Å²) in [6.45, 7) is 0. The standard InChI is InChI=1S/C19H10Cl2N2O4S/c20-10-3-1-9(2-4-10)16-15(19(25)26)13(8-28-16)22-17(24)18-23-12-7-11(21)5-6-14(12)27-18/h1-8H,(H,22,24)(H,25,26). The first-order chi connectivity index (χ1) is 13.4. The van der Waals surface area contributed by atoms with Crippen molar-refractivity contribution in [3.63, 3.8) is 0 Å². The third-order valence-electron chi connectivity index (χ3n) is 3.90. The van der Waals surface area contributed by atoms with Crippen molar-refractivity contribution in [2.75, 3.05) is 5.32 Å². The van der Waals surface area contributed by atoms with E-state index < -0.39 is 11.9 Å². The number of benzene rings is 2. The number of carboxylic acid groups (broad SMARTS) is 1. The maximum atomic E-state index is 12.5. The van der Waals surface area contributed by atoms with Crippen LogP contribution in [0.25, 0.3) is 21.5 Å². The zero-order valence-corrected chi connectivity index (χ0v) is 16.2. The minimum atomic E-state index is -1.16. The van der Waals surface area contributed by atoms with Gasteiger partial charge in [-0.25, -0.2) is 9.78 Å². The van der Waals surface area contributed by atoms with Crippen molar-refractivity contribution in [1.29, 1.82) is 0 Å². The second-order valence-electron chi connectivity index (χ2n) is 5.75. The number of fused-ring (bicyclic) bond motifs is 1. The average Bonchev–Trinajstić information content (AvgIpc) is 3.26. The molecule has 2 N–H and O–H groups in total. The van der Waals surface area contributed by atoms with E-state index >= 15 is 0 Å². The van der Waals surface area contributed by atoms with Gasteiger partial charge in [-0.3, -0.25) is 4.79 Å². The van der Waals surface area contributed by atoms with E-state index in [1.165, 1.54) is 11.3 Å². The molecular weight excluding hydrogens is 423 g/mol. The van der Waals surface area contributed by atoms with Crippen LogP contribution in [0.15, 0.2) is 52.3 Å². The lowest BCUT2D eigenvalue weighted by molar-refractivity contribution is 0.0699. The number of thiophene rings is 1. The van der Waals surface area contributed by atoms with Gasteiger partial charge in [-0.1, -0.05) is 35.3 Å². The Labute approximate surface area is 172 Å². The highest BCUT2D eigenvalue weighted by molar-refractivity contribution is 7.14. The van der Waals surface area contributed by atoms with Crippen molar-refractivity contribution in [3.05, 3.63) is 69.3 Å². The van der Waals surface area contributed by atoms with Gasteiger partial charge < -0.3 is 14.8 Å². The summed E-state index contributed by atoms with van der Waals surface area (Å²) in [6, 6.07) is 11.6. The van der Waals surface area contributed by atoms with Gasteiger partial charge in [-0.05, 0) is 35.9 Å². The molecule has 0 aliphatic rings. The molecule has 0 bridgehead atoms. The number of amides is 1. The Morgan fingerprint density at radius 2 is 1.79 bits per heavy atom. The molecule has 28 heavy (non-hydrogen) atoms. The predicted octanol–water partition coefficient (Wildman–Crippen LogP) is 5.81. The Kier molecular flexibility index (Phi) is 4.80. The van der Waals surface area contributed by atoms with Crippen LogP contribution in [-0.2, 0) is 0 Å². The molecular formula is C19H10Cl2N2O4S. The van der Waals surface area contributed by atoms with Gasteiger partial charge in [0.15, 0.2) is 5.58 Å². The quantitative estimate of drug-likeness (QED) is 0.424. The molecule has 0 aliphatic carbocycles. The monoisotopic (exact) mass is 432 g/mol. The molecule has 140 valence electrons. The largest absolute Gasteiger partial charge is 0.478 e. The second kappa shape index (κ2) is 7.27. The van der Waals surface area contributed by atoms with Crippen LogP contribution in [-0.4, -0.2) is 22.0 Å². The van der Waals surface area contributed by atoms with Gasteiger partial charge >= 0.3 is 11.9 Å². The third-order valence-corrected chi connectivity index (χ3v) is 5.42. The van der Waals surface area contributed by atoms with E-state index in [2.05, 4.69) is 10.3 Å². The number of carboxylic acids is 1. The van der Waals surface area contributed by atoms with Crippen molar-refractivity contribution in [3.8, 4) is 10.4 Å². The molecule has 2 aromatic heterocycles. The Bertz CT molecular complexity index is 1210. The molecule has 0 unspecified atom stereocenters. The molecule has 2 aromatic carbocycles. The van der Waals surface area contributed by atoms with Gasteiger partial charge in [0.05, 0.1) is 10.6 Å². The van der Waals surface area contributed by atoms with Gasteiger partial charge in [0.25, 0.3) is 5.89 Å². The number of aromatic carboxylic acids is 1. The van der Waals surface area contributed by atoms with Gasteiger partial charge in [0.1, 0.15) is 11.1 Å². The highest BCUT2D eigenvalue weighted by atomic mass is 35.5. The molecule has 0 fully saturated rings. The van der Waals surface area contributed by atoms with Crippen LogP contribution in [0.3, 0.4) is 0 Å². The van der Waals surface area contributed by atoms with Gasteiger partial charge in [0.2, 0.25) is 0 Å². The van der Waals surface area contributed by atoms with Gasteiger partial charge in [-0.2, -0.15) is 0 Å². The molecule has 4 aromatic rings. The lowest BCUT2D eigenvalue weighted by atomic mass is 10.1. The summed E-state index contributed by atoms with van der Waals surface area (Å²) in [5.74, 6) is -2.01. The number of oxazole rings is 1. The van der Waals surface area contributed by atoms with E-state index in [0.29, 0.717) is 31.6 Å². The van der Waals surface area contributed by atoms with Crippen LogP contribution >= 0.6 is 34.5 Å². The van der Waals surface area contributed by atoms with E-state index in [0.717, 1.165) is 0 Å². The molecule has 0 saturated carbocycles. The smallest absolute Gasteiger partial charge is 0.339 e. The maximum Gasteiger partial charge on any atom is 0.339 e. The maximum absolute atomic E-state index is 12.5. The van der Waals surface area contributed by atoms with Crippen molar-refractivity contribution in [1.82, 2.24) is 4.98 Å². The molecule has 0 aliphatic heterocycles. The van der Waals surface area contributed by atoms with Crippen molar-refractivity contribution in [2.24, 2.45) is 0 Å². The van der Waals surface area contributed by atoms with E-state index in [-0.39, 0.29) is 17.1 Å². The first-order valence-corrected chi connectivity index (χ1v) is 9.54. The predicted molar refractivity (Wildman–Crippen MR) is 109 cm³/mol. The fourth-order valence-electron chi connectivity index (χ4n) is 2.65. The zero-order valence-electron chi connectivity index (χ0n) is 13.9. The third kappa shape index (κ3) is 3.47. The summed E-state index contributed by atoms with van der Waals surface area (Å²) in [7, 11) is 0. The van der Waals surface area contributed by atoms with E-state index in [4.69, 9.17) is 27.6 Å². The second-order valence-corrected chi connectivity index (χ2v) is 7.50. The summed E-state index contributed by atoms with van der Waals surface area (Å²) in [5, 5.41) is 14.8. The summed E-state index contributed by atoms with van der Waals surface area (Å²) in [4.78, 5) is 28.9. The van der Waals surface area contributed by atoms with Crippen LogP contribution < -0.4 is 5.32 Å². The molecule has 0 radical (unpaired) electrons. The first kappa shape index (κ1) is 18.5. The van der Waals surface area contributed by atoms with E-state index in [1.54, 1.807) is 47.8 Å². The number of carbonyl (C=O) groups excluding carboxylic acids is 1. The molecule has 0 saturated heterocycles. The fraction of sp³-hybridized carbons (Fsp3) is 0. The van der Waals surface area contributed by atoms with Crippen LogP contribution in [0.2, 0.25) is 10.0 Å². The normalized spacial score (nSPS) is 10.9. The van der Waals surface area contributed by atoms with Crippen molar-refractivity contribution < 1.29 is 19.1 Å².